The lowest BCUT2D eigenvalue weighted by molar-refractivity contribution is -0.548. The summed E-state index contributed by atoms with van der Waals surface area (Å²) in [5.41, 5.74) is 7.16. The summed E-state index contributed by atoms with van der Waals surface area (Å²) in [6, 6.07) is 3.97. The Morgan fingerprint density at radius 2 is 1.88 bits per heavy atom. The van der Waals surface area contributed by atoms with Crippen molar-refractivity contribution in [3.8, 4) is 0 Å². The van der Waals surface area contributed by atoms with Crippen molar-refractivity contribution < 1.29 is 14.8 Å². The fourth-order valence-corrected chi connectivity index (χ4v) is 1.81. The topological polar surface area (TPSA) is 189 Å². The highest BCUT2D eigenvalue weighted by molar-refractivity contribution is 5.94. The number of nitrogens with zero attached hydrogens (tertiary/aromatic N) is 2. The van der Waals surface area contributed by atoms with Crippen LogP contribution in [0.3, 0.4) is 0 Å². The third kappa shape index (κ3) is 6.55. The third-order valence-corrected chi connectivity index (χ3v) is 2.91. The Morgan fingerprint density at radius 3 is 2.38 bits per heavy atom. The molecule has 0 saturated carbocycles. The van der Waals surface area contributed by atoms with Gasteiger partial charge in [-0.15, -0.1) is 5.43 Å². The van der Waals surface area contributed by atoms with Crippen LogP contribution in [-0.4, -0.2) is 34.4 Å². The fraction of sp³-hybridized carbons (Fsp3) is 0.333. The minimum Gasteiger partial charge on any atom is -0.370 e. The van der Waals surface area contributed by atoms with Crippen LogP contribution in [0.15, 0.2) is 24.3 Å². The summed E-state index contributed by atoms with van der Waals surface area (Å²) in [6.45, 7) is 0.288. The normalized spacial score (nSPS) is 11.2. The zero-order valence-electron chi connectivity index (χ0n) is 12.5. The number of non-ortho nitro benzene ring substituents is 1. The Morgan fingerprint density at radius 1 is 1.25 bits per heavy atom. The van der Waals surface area contributed by atoms with Gasteiger partial charge in [-0.05, 0) is 25.0 Å². The van der Waals surface area contributed by atoms with Gasteiger partial charge in [0.25, 0.3) is 11.6 Å². The van der Waals surface area contributed by atoms with E-state index in [4.69, 9.17) is 11.1 Å². The molecule has 0 fully saturated rings. The van der Waals surface area contributed by atoms with E-state index in [0.29, 0.717) is 6.42 Å². The van der Waals surface area contributed by atoms with Crippen molar-refractivity contribution in [1.82, 2.24) is 10.7 Å². The van der Waals surface area contributed by atoms with Crippen molar-refractivity contribution >= 4 is 23.2 Å². The van der Waals surface area contributed by atoms with Gasteiger partial charge in [0.1, 0.15) is 0 Å². The highest BCUT2D eigenvalue weighted by Gasteiger charge is 2.22. The molecule has 1 rings (SSSR count). The highest BCUT2D eigenvalue weighted by atomic mass is 16.7. The van der Waals surface area contributed by atoms with Crippen molar-refractivity contribution in [2.45, 2.75) is 18.9 Å². The Kier molecular flexibility index (Phi) is 6.88. The largest absolute Gasteiger partial charge is 0.370 e. The van der Waals surface area contributed by atoms with E-state index in [1.807, 2.05) is 5.43 Å². The Labute approximate surface area is 136 Å². The average Bonchev–Trinajstić information content (AvgIpc) is 2.50. The van der Waals surface area contributed by atoms with E-state index in [9.17, 15) is 25.0 Å². The molecule has 0 bridgehead atoms. The number of benzene rings is 1. The molecule has 0 radical (unpaired) electrons. The minimum absolute atomic E-state index is 0.125. The maximum atomic E-state index is 12.1. The maximum absolute atomic E-state index is 12.1. The molecular weight excluding hydrogens is 322 g/mol. The van der Waals surface area contributed by atoms with Gasteiger partial charge in [0, 0.05) is 24.4 Å². The summed E-state index contributed by atoms with van der Waals surface area (Å²) < 4.78 is 0. The van der Waals surface area contributed by atoms with Crippen LogP contribution < -0.4 is 21.8 Å². The number of hydrogen-bond donors (Lipinski definition) is 5. The molecule has 12 heteroatoms. The molecule has 1 aromatic carbocycles. The van der Waals surface area contributed by atoms with E-state index in [0.717, 1.165) is 0 Å². The van der Waals surface area contributed by atoms with Crippen molar-refractivity contribution in [3.05, 3.63) is 44.5 Å². The summed E-state index contributed by atoms with van der Waals surface area (Å²) >= 11 is 0. The van der Waals surface area contributed by atoms with Crippen LogP contribution >= 0.6 is 0 Å². The van der Waals surface area contributed by atoms with E-state index in [2.05, 4.69) is 10.6 Å². The average molecular weight is 339 g/mol. The number of carbonyl (C=O) groups is 1. The molecule has 0 aromatic heterocycles. The number of hydrazine groups is 1. The third-order valence-electron chi connectivity index (χ3n) is 2.91. The van der Waals surface area contributed by atoms with Gasteiger partial charge in [0.2, 0.25) is 0 Å². The summed E-state index contributed by atoms with van der Waals surface area (Å²) in [5.74, 6) is -0.882. The van der Waals surface area contributed by atoms with Gasteiger partial charge in [-0.1, -0.05) is 0 Å². The smallest absolute Gasteiger partial charge is 0.269 e. The second-order valence-corrected chi connectivity index (χ2v) is 4.71. The van der Waals surface area contributed by atoms with E-state index >= 15 is 0 Å². The zero-order valence-corrected chi connectivity index (χ0v) is 12.5. The van der Waals surface area contributed by atoms with Crippen LogP contribution in [-0.2, 0) is 4.79 Å². The summed E-state index contributed by atoms with van der Waals surface area (Å²) in [5, 5.41) is 32.3. The van der Waals surface area contributed by atoms with Gasteiger partial charge < -0.3 is 16.4 Å². The van der Waals surface area contributed by atoms with Crippen LogP contribution in [0.2, 0.25) is 0 Å². The predicted octanol–water partition coefficient (Wildman–Crippen LogP) is -0.0535. The minimum atomic E-state index is -1.11. The van der Waals surface area contributed by atoms with Gasteiger partial charge in [-0.2, -0.15) is 0 Å². The first-order valence-electron chi connectivity index (χ1n) is 6.83. The first kappa shape index (κ1) is 18.6. The van der Waals surface area contributed by atoms with E-state index in [-0.39, 0.29) is 30.3 Å². The molecule has 1 atom stereocenters. The van der Waals surface area contributed by atoms with Crippen molar-refractivity contribution in [2.75, 3.05) is 11.9 Å². The fourth-order valence-electron chi connectivity index (χ4n) is 1.81. The molecular formula is C12H17N7O5. The first-order chi connectivity index (χ1) is 11.3. The monoisotopic (exact) mass is 339 g/mol. The van der Waals surface area contributed by atoms with Crippen molar-refractivity contribution in [2.24, 2.45) is 5.73 Å². The number of hydrogen-bond acceptors (Lipinski definition) is 6. The number of guanidine groups is 1. The van der Waals surface area contributed by atoms with Gasteiger partial charge >= 0.3 is 0 Å². The summed E-state index contributed by atoms with van der Waals surface area (Å²) in [7, 11) is 0. The molecule has 130 valence electrons. The number of nitrogens with one attached hydrogen (secondary N) is 4. The summed E-state index contributed by atoms with van der Waals surface area (Å²) in [4.78, 5) is 32.7. The molecule has 24 heavy (non-hydrogen) atoms. The molecule has 0 heterocycles. The van der Waals surface area contributed by atoms with Gasteiger partial charge in [0.15, 0.2) is 17.0 Å². The standard InChI is InChI=1S/C12H17N7O5/c13-12(14)15-7-1-2-10(17-19(23)24)11(20)16-8-3-5-9(6-4-8)18(21)22/h3-6,10,17H,1-2,7H2,(H,16,20)(H4,13,14,15)/t10-/m0/s1. The lowest BCUT2D eigenvalue weighted by Crippen LogP contribution is -2.44. The SMILES string of the molecule is N=C(N)NCCC[C@H](N[N+](=O)[O-])C(=O)Nc1ccc([N+](=O)[O-])cc1. The van der Waals surface area contributed by atoms with Crippen LogP contribution in [0.25, 0.3) is 0 Å². The van der Waals surface area contributed by atoms with Gasteiger partial charge in [0.05, 0.1) is 4.92 Å². The number of amides is 1. The quantitative estimate of drug-likeness (QED) is 0.136. The number of nitrogens with two attached hydrogens (primary N) is 1. The molecule has 0 unspecified atom stereocenters. The number of carbonyl (C=O) groups excluding carboxylic acids is 1. The van der Waals surface area contributed by atoms with E-state index < -0.39 is 21.9 Å². The van der Waals surface area contributed by atoms with Crippen molar-refractivity contribution in [1.29, 1.82) is 5.41 Å². The highest BCUT2D eigenvalue weighted by Crippen LogP contribution is 2.15. The van der Waals surface area contributed by atoms with Crippen molar-refractivity contribution in [3.63, 3.8) is 0 Å². The first-order valence-corrected chi connectivity index (χ1v) is 6.83. The van der Waals surface area contributed by atoms with Crippen LogP contribution in [0.4, 0.5) is 11.4 Å². The lowest BCUT2D eigenvalue weighted by atomic mass is 10.1. The number of anilines is 1. The molecule has 6 N–H and O–H groups in total. The Bertz CT molecular complexity index is 619. The Hall–Kier alpha value is -3.44. The molecule has 1 aromatic rings. The second-order valence-electron chi connectivity index (χ2n) is 4.71. The molecule has 1 amide bonds. The van der Waals surface area contributed by atoms with E-state index in [1.165, 1.54) is 24.3 Å². The number of rotatable bonds is 9. The van der Waals surface area contributed by atoms with Crippen LogP contribution in [0, 0.1) is 25.6 Å². The second kappa shape index (κ2) is 8.87. The lowest BCUT2D eigenvalue weighted by Gasteiger charge is -2.14. The molecule has 0 aliphatic heterocycles. The zero-order chi connectivity index (χ0) is 18.1. The predicted molar refractivity (Wildman–Crippen MR) is 84.8 cm³/mol. The van der Waals surface area contributed by atoms with Gasteiger partial charge in [-0.3, -0.25) is 20.3 Å². The molecule has 12 nitrogen and oxygen atoms in total. The molecule has 0 aliphatic carbocycles. The maximum Gasteiger partial charge on any atom is 0.269 e. The Balaban J connectivity index is 2.64. The molecule has 0 spiro atoms. The van der Waals surface area contributed by atoms with Gasteiger partial charge in [-0.25, -0.2) is 10.1 Å². The van der Waals surface area contributed by atoms with Crippen LogP contribution in [0.5, 0.6) is 0 Å². The molecule has 0 aliphatic rings. The number of nitro groups is 2. The van der Waals surface area contributed by atoms with E-state index in [1.54, 1.807) is 0 Å². The summed E-state index contributed by atoms with van der Waals surface area (Å²) in [6.07, 6.45) is 0.485. The molecule has 0 saturated heterocycles. The number of nitro benzene ring substituents is 1. The van der Waals surface area contributed by atoms with Crippen LogP contribution in [0.1, 0.15) is 12.8 Å².